The number of hydrogen-bond acceptors (Lipinski definition) is 2. The first-order valence-electron chi connectivity index (χ1n) is 19.5. The third-order valence-corrected chi connectivity index (χ3v) is 12.0. The van der Waals surface area contributed by atoms with E-state index in [1.54, 1.807) is 0 Å². The third-order valence-electron chi connectivity index (χ3n) is 12.0. The second-order valence-corrected chi connectivity index (χ2v) is 14.9. The summed E-state index contributed by atoms with van der Waals surface area (Å²) >= 11 is 0. The van der Waals surface area contributed by atoms with Gasteiger partial charge in [0.1, 0.15) is 11.6 Å². The van der Waals surface area contributed by atoms with Crippen LogP contribution in [-0.2, 0) is 5.41 Å². The standard InChI is InChI=1S/C53H34N4/c1-2-18-36(19-3-1)53(44-27-10-4-21-38(44)39-22-5-11-28-45(39)53)37-20-16-17-35(33-37)52-54-50(56-46-29-12-6-23-40(46)41-24-7-13-30-47(41)56)34-51(55-52)57-48-31-14-8-25-42(48)43-26-9-15-32-49(43)57/h1-34H. The molecule has 11 aromatic rings. The first-order chi connectivity index (χ1) is 28.3. The van der Waals surface area contributed by atoms with Crippen LogP contribution in [0.4, 0.5) is 0 Å². The zero-order chi connectivity index (χ0) is 37.5. The highest BCUT2D eigenvalue weighted by Gasteiger charge is 2.46. The van der Waals surface area contributed by atoms with Gasteiger partial charge in [-0.2, -0.15) is 0 Å². The Kier molecular flexibility index (Phi) is 6.81. The fraction of sp³-hybridized carbons (Fsp3) is 0.0189. The summed E-state index contributed by atoms with van der Waals surface area (Å²) in [5, 5.41) is 4.77. The Morgan fingerprint density at radius 3 is 1.23 bits per heavy atom. The first-order valence-corrected chi connectivity index (χ1v) is 19.5. The highest BCUT2D eigenvalue weighted by atomic mass is 15.1. The molecule has 266 valence electrons. The van der Waals surface area contributed by atoms with Crippen LogP contribution >= 0.6 is 0 Å². The van der Waals surface area contributed by atoms with Crippen LogP contribution in [0.1, 0.15) is 22.3 Å². The summed E-state index contributed by atoms with van der Waals surface area (Å²) in [5.74, 6) is 2.29. The Bertz CT molecular complexity index is 3090. The summed E-state index contributed by atoms with van der Waals surface area (Å²) in [6.07, 6.45) is 0. The fourth-order valence-electron chi connectivity index (χ4n) is 9.72. The lowest BCUT2D eigenvalue weighted by atomic mass is 9.67. The predicted octanol–water partition coefficient (Wildman–Crippen LogP) is 12.7. The molecule has 8 aromatic carbocycles. The molecule has 0 spiro atoms. The molecule has 0 fully saturated rings. The molecule has 1 aliphatic rings. The zero-order valence-corrected chi connectivity index (χ0v) is 30.9. The van der Waals surface area contributed by atoms with Gasteiger partial charge in [0.15, 0.2) is 5.82 Å². The highest BCUT2D eigenvalue weighted by molar-refractivity contribution is 6.10. The summed E-state index contributed by atoms with van der Waals surface area (Å²) in [5.41, 5.74) is 12.3. The van der Waals surface area contributed by atoms with Gasteiger partial charge in [-0.05, 0) is 63.7 Å². The van der Waals surface area contributed by atoms with Crippen LogP contribution < -0.4 is 0 Å². The number of rotatable bonds is 5. The molecule has 3 aromatic heterocycles. The summed E-state index contributed by atoms with van der Waals surface area (Å²) < 4.78 is 4.60. The minimum atomic E-state index is -0.537. The molecule has 1 aliphatic carbocycles. The molecular weight excluding hydrogens is 693 g/mol. The quantitative estimate of drug-likeness (QED) is 0.177. The van der Waals surface area contributed by atoms with Gasteiger partial charge in [-0.3, -0.25) is 9.13 Å². The van der Waals surface area contributed by atoms with Gasteiger partial charge in [-0.25, -0.2) is 9.97 Å². The van der Waals surface area contributed by atoms with Crippen molar-refractivity contribution < 1.29 is 0 Å². The van der Waals surface area contributed by atoms with E-state index in [1.807, 2.05) is 0 Å². The van der Waals surface area contributed by atoms with E-state index in [9.17, 15) is 0 Å². The average Bonchev–Trinajstić information content (AvgIpc) is 3.91. The Labute approximate surface area is 329 Å². The number of fused-ring (bicyclic) bond motifs is 9. The molecule has 0 radical (unpaired) electrons. The van der Waals surface area contributed by atoms with Crippen LogP contribution in [0, 0.1) is 0 Å². The van der Waals surface area contributed by atoms with Crippen molar-refractivity contribution >= 4 is 43.6 Å². The molecule has 0 aliphatic heterocycles. The van der Waals surface area contributed by atoms with Crippen molar-refractivity contribution in [3.05, 3.63) is 229 Å². The molecule has 0 unspecified atom stereocenters. The van der Waals surface area contributed by atoms with Crippen LogP contribution in [-0.4, -0.2) is 19.1 Å². The maximum absolute atomic E-state index is 5.51. The van der Waals surface area contributed by atoms with E-state index in [-0.39, 0.29) is 0 Å². The van der Waals surface area contributed by atoms with Crippen molar-refractivity contribution in [2.24, 2.45) is 0 Å². The molecule has 57 heavy (non-hydrogen) atoms. The maximum Gasteiger partial charge on any atom is 0.163 e. The second kappa shape index (κ2) is 12.2. The monoisotopic (exact) mass is 726 g/mol. The molecule has 0 N–H and O–H groups in total. The topological polar surface area (TPSA) is 35.6 Å². The Balaban J connectivity index is 1.16. The van der Waals surface area contributed by atoms with Crippen molar-refractivity contribution in [3.63, 3.8) is 0 Å². The minimum Gasteiger partial charge on any atom is -0.294 e. The van der Waals surface area contributed by atoms with Gasteiger partial charge in [0.2, 0.25) is 0 Å². The molecule has 0 bridgehead atoms. The van der Waals surface area contributed by atoms with Crippen LogP contribution in [0.5, 0.6) is 0 Å². The summed E-state index contributed by atoms with van der Waals surface area (Å²) in [7, 11) is 0. The van der Waals surface area contributed by atoms with E-state index in [0.29, 0.717) is 5.82 Å². The molecule has 4 heteroatoms. The van der Waals surface area contributed by atoms with Gasteiger partial charge in [-0.1, -0.05) is 170 Å². The Morgan fingerprint density at radius 2 is 0.737 bits per heavy atom. The number of para-hydroxylation sites is 4. The van der Waals surface area contributed by atoms with Gasteiger partial charge in [0.25, 0.3) is 0 Å². The lowest BCUT2D eigenvalue weighted by molar-refractivity contribution is 0.768. The van der Waals surface area contributed by atoms with Crippen LogP contribution in [0.3, 0.4) is 0 Å². The van der Waals surface area contributed by atoms with E-state index in [0.717, 1.165) is 39.3 Å². The molecule has 0 amide bonds. The summed E-state index contributed by atoms with van der Waals surface area (Å²) in [6, 6.07) is 74.3. The minimum absolute atomic E-state index is 0.537. The van der Waals surface area contributed by atoms with Crippen molar-refractivity contribution in [1.82, 2.24) is 19.1 Å². The fourth-order valence-corrected chi connectivity index (χ4v) is 9.72. The number of hydrogen-bond donors (Lipinski definition) is 0. The number of nitrogens with zero attached hydrogens (tertiary/aromatic N) is 4. The van der Waals surface area contributed by atoms with E-state index in [2.05, 4.69) is 215 Å². The lowest BCUT2D eigenvalue weighted by Gasteiger charge is -2.34. The van der Waals surface area contributed by atoms with Gasteiger partial charge in [0, 0.05) is 33.2 Å². The Morgan fingerprint density at radius 1 is 0.333 bits per heavy atom. The number of benzene rings is 8. The SMILES string of the molecule is c1ccc(C2(c3cccc(-c4nc(-n5c6ccccc6c6ccccc65)cc(-n5c6ccccc6c6ccccc65)n4)c3)c3ccccc3-c3ccccc32)cc1. The zero-order valence-electron chi connectivity index (χ0n) is 30.9. The van der Waals surface area contributed by atoms with Crippen molar-refractivity contribution in [2.45, 2.75) is 5.41 Å². The van der Waals surface area contributed by atoms with Crippen molar-refractivity contribution in [3.8, 4) is 34.2 Å². The first kappa shape index (κ1) is 31.8. The van der Waals surface area contributed by atoms with Gasteiger partial charge < -0.3 is 0 Å². The third kappa shape index (κ3) is 4.50. The summed E-state index contributed by atoms with van der Waals surface area (Å²) in [6.45, 7) is 0. The van der Waals surface area contributed by atoms with E-state index >= 15 is 0 Å². The molecule has 3 heterocycles. The van der Waals surface area contributed by atoms with E-state index < -0.39 is 5.41 Å². The molecule has 0 saturated heterocycles. The van der Waals surface area contributed by atoms with Crippen molar-refractivity contribution in [2.75, 3.05) is 0 Å². The normalized spacial score (nSPS) is 13.1. The van der Waals surface area contributed by atoms with Gasteiger partial charge >= 0.3 is 0 Å². The highest BCUT2D eigenvalue weighted by Crippen LogP contribution is 2.56. The van der Waals surface area contributed by atoms with E-state index in [4.69, 9.17) is 9.97 Å². The molecular formula is C53H34N4. The Hall–Kier alpha value is -7.56. The second-order valence-electron chi connectivity index (χ2n) is 14.9. The lowest BCUT2D eigenvalue weighted by Crippen LogP contribution is -2.28. The smallest absolute Gasteiger partial charge is 0.163 e. The molecule has 12 rings (SSSR count). The number of aromatic nitrogens is 4. The van der Waals surface area contributed by atoms with Crippen molar-refractivity contribution in [1.29, 1.82) is 0 Å². The summed E-state index contributed by atoms with van der Waals surface area (Å²) in [4.78, 5) is 11.0. The molecule has 0 saturated carbocycles. The predicted molar refractivity (Wildman–Crippen MR) is 233 cm³/mol. The van der Waals surface area contributed by atoms with Crippen LogP contribution in [0.25, 0.3) is 77.8 Å². The average molecular weight is 727 g/mol. The van der Waals surface area contributed by atoms with E-state index in [1.165, 1.54) is 54.9 Å². The van der Waals surface area contributed by atoms with Crippen LogP contribution in [0.2, 0.25) is 0 Å². The van der Waals surface area contributed by atoms with Gasteiger partial charge in [-0.15, -0.1) is 0 Å². The molecule has 0 atom stereocenters. The largest absolute Gasteiger partial charge is 0.294 e. The maximum atomic E-state index is 5.51. The molecule has 4 nitrogen and oxygen atoms in total. The van der Waals surface area contributed by atoms with Crippen LogP contribution in [0.15, 0.2) is 206 Å². The van der Waals surface area contributed by atoms with Gasteiger partial charge in [0.05, 0.1) is 27.5 Å².